The average molecular weight is 1340 g/mol. The Hall–Kier alpha value is -5.86. The number of likely N-dealkylation sites (N-methyl/N-ethyl adjacent to an activating group) is 7. The molecule has 1 aliphatic rings. The second-order valence-electron chi connectivity index (χ2n) is 28.5. The van der Waals surface area contributed by atoms with E-state index in [-0.39, 0.29) is 56.3 Å². The van der Waals surface area contributed by atoms with E-state index in [0.717, 1.165) is 21.6 Å². The summed E-state index contributed by atoms with van der Waals surface area (Å²) < 4.78 is 0. The van der Waals surface area contributed by atoms with Crippen molar-refractivity contribution in [2.45, 2.75) is 240 Å². The Morgan fingerprint density at radius 1 is 0.538 bits per heavy atom. The van der Waals surface area contributed by atoms with E-state index in [1.807, 2.05) is 60.5 Å². The molecule has 0 bridgehead atoms. The maximum atomic E-state index is 15.3. The molecule has 0 aliphatic carbocycles. The van der Waals surface area contributed by atoms with Gasteiger partial charge in [0.2, 0.25) is 59.1 Å². The smallest absolute Gasteiger partial charge is 0.256 e. The number of aliphatic hydroxyl groups excluding tert-OH is 1. The molecule has 0 unspecified atom stereocenters. The third-order valence-corrected chi connectivity index (χ3v) is 18.6. The first-order valence-corrected chi connectivity index (χ1v) is 34.2. The molecule has 1 rings (SSSR count). The quantitative estimate of drug-likeness (QED) is 0.0953. The van der Waals surface area contributed by atoms with Crippen molar-refractivity contribution in [3.8, 4) is 0 Å². The minimum absolute atomic E-state index is 0.0320. The molecule has 6 N–H and O–H groups in total. The topological polar surface area (TPSA) is 302 Å². The van der Waals surface area contributed by atoms with Gasteiger partial charge in [-0.15, -0.1) is 11.8 Å². The number of aliphatic hydroxyl groups is 2. The van der Waals surface area contributed by atoms with Crippen LogP contribution >= 0.6 is 11.8 Å². The minimum Gasteiger partial charge on any atom is -0.390 e. The van der Waals surface area contributed by atoms with E-state index in [1.165, 1.54) is 102 Å². The fraction of sp³-hybridized carbons (Fsp3) is 0.806. The summed E-state index contributed by atoms with van der Waals surface area (Å²) in [4.78, 5) is 174. The van der Waals surface area contributed by atoms with Crippen molar-refractivity contribution in [1.29, 1.82) is 0 Å². The van der Waals surface area contributed by atoms with E-state index in [2.05, 4.69) is 21.3 Å². The lowest BCUT2D eigenvalue weighted by Gasteiger charge is -2.41. The van der Waals surface area contributed by atoms with Crippen LogP contribution in [0.4, 0.5) is 0 Å². The molecule has 0 spiro atoms. The standard InChI is InChI=1S/C67H122N12O13S/c1-27-29-30-43(13)54(80)53-58(84)70-46(28-2)60(86)79(26)66(93-34-33-72(18)19)65(91)76(23)50(37-67(16,17)92)57(83)71-51(41(9)10)63(89)73(20)47(32-31-38(3)4)56(82)68-44(14)55(81)69-45(15)59(85)74(21)48(35-39(5)6)61(87)75(22)49(36-40(7)8)62(88)77(24)52(42(11)12)64(90)78(53)25/h27,29,38-54,66,80,92H,28,30-37H2,1-26H3,(H,68,82)(H,69,81)(H,70,84)(H,71,83)/b29-27+/t43-,44-,45+,46+,47-,48+,49+,50+,51-,52+,53+,54-,66+/m1/s1. The number of allylic oxidation sites excluding steroid dienone is 2. The molecule has 0 aromatic carbocycles. The van der Waals surface area contributed by atoms with Crippen LogP contribution in [0.25, 0.3) is 0 Å². The Morgan fingerprint density at radius 2 is 1.01 bits per heavy atom. The third kappa shape index (κ3) is 25.0. The van der Waals surface area contributed by atoms with Gasteiger partial charge < -0.3 is 70.7 Å². The van der Waals surface area contributed by atoms with Gasteiger partial charge in [0.1, 0.15) is 60.4 Å². The SMILES string of the molecule is C/C=C/C[C@@H](C)[C@@H](O)[C@H]1C(=O)N[C@@H](CC)C(=O)N(C)[C@@H](SCCN(C)C)C(=O)N(C)[C@@H](CC(C)(C)O)C(=O)N[C@H](C(C)C)C(=O)N(C)[C@H](CCC(C)C)C(=O)N[C@H](C)C(=O)N[C@@H](C)C(=O)N(C)[C@@H](CC(C)C)C(=O)N(C)[C@@H](CC(C)C)C(=O)N(C)[C@@H](C(C)C)C(=O)N1C. The molecule has 1 heterocycles. The Bertz CT molecular complexity index is 2540. The van der Waals surface area contributed by atoms with E-state index in [9.17, 15) is 34.2 Å². The molecule has 534 valence electrons. The summed E-state index contributed by atoms with van der Waals surface area (Å²) in [5.41, 5.74) is -1.58. The van der Waals surface area contributed by atoms with Crippen molar-refractivity contribution in [3.05, 3.63) is 12.2 Å². The van der Waals surface area contributed by atoms with E-state index >= 15 is 28.8 Å². The highest BCUT2D eigenvalue weighted by molar-refractivity contribution is 8.00. The highest BCUT2D eigenvalue weighted by Crippen LogP contribution is 2.28. The Kier molecular flexibility index (Phi) is 35.4. The highest BCUT2D eigenvalue weighted by atomic mass is 32.2. The summed E-state index contributed by atoms with van der Waals surface area (Å²) in [6, 6.07) is -13.1. The third-order valence-electron chi connectivity index (χ3n) is 17.3. The average Bonchev–Trinajstić information content (AvgIpc) is 0.860. The number of carbonyl (C=O) groups excluding carboxylic acids is 11. The van der Waals surface area contributed by atoms with Crippen LogP contribution in [0.1, 0.15) is 163 Å². The van der Waals surface area contributed by atoms with Crippen LogP contribution in [-0.4, -0.2) is 268 Å². The molecule has 1 saturated heterocycles. The summed E-state index contributed by atoms with van der Waals surface area (Å²) in [7, 11) is 13.5. The first kappa shape index (κ1) is 85.2. The van der Waals surface area contributed by atoms with Gasteiger partial charge >= 0.3 is 0 Å². The van der Waals surface area contributed by atoms with Crippen molar-refractivity contribution in [2.24, 2.45) is 35.5 Å². The molecular formula is C67H122N12O13S. The molecule has 1 aliphatic heterocycles. The predicted octanol–water partition coefficient (Wildman–Crippen LogP) is 3.39. The van der Waals surface area contributed by atoms with Crippen molar-refractivity contribution in [1.82, 2.24) is 60.5 Å². The number of thioether (sulfide) groups is 1. The fourth-order valence-electron chi connectivity index (χ4n) is 11.3. The lowest BCUT2D eigenvalue weighted by molar-refractivity contribution is -0.157. The molecule has 0 saturated carbocycles. The molecule has 26 heteroatoms. The van der Waals surface area contributed by atoms with Crippen molar-refractivity contribution >= 4 is 76.7 Å². The number of nitrogens with zero attached hydrogens (tertiary/aromatic N) is 8. The maximum absolute atomic E-state index is 15.3. The molecule has 25 nitrogen and oxygen atoms in total. The second-order valence-corrected chi connectivity index (χ2v) is 29.7. The summed E-state index contributed by atoms with van der Waals surface area (Å²) >= 11 is 1.09. The molecule has 0 aromatic rings. The van der Waals surface area contributed by atoms with Gasteiger partial charge in [0.05, 0.1) is 11.7 Å². The monoisotopic (exact) mass is 1330 g/mol. The molecule has 0 radical (unpaired) electrons. The van der Waals surface area contributed by atoms with Crippen molar-refractivity contribution in [2.75, 3.05) is 75.7 Å². The zero-order valence-electron chi connectivity index (χ0n) is 61.3. The van der Waals surface area contributed by atoms with Crippen LogP contribution in [0, 0.1) is 35.5 Å². The highest BCUT2D eigenvalue weighted by Gasteiger charge is 2.47. The molecular weight excluding hydrogens is 1210 g/mol. The normalized spacial score (nSPS) is 26.6. The summed E-state index contributed by atoms with van der Waals surface area (Å²) in [5.74, 6) is -9.78. The summed E-state index contributed by atoms with van der Waals surface area (Å²) in [5, 5.41) is 33.3. The van der Waals surface area contributed by atoms with Crippen LogP contribution < -0.4 is 21.3 Å². The lowest BCUT2D eigenvalue weighted by atomic mass is 9.91. The maximum Gasteiger partial charge on any atom is 0.256 e. The molecule has 93 heavy (non-hydrogen) atoms. The number of hydrogen-bond acceptors (Lipinski definition) is 15. The van der Waals surface area contributed by atoms with E-state index in [1.54, 1.807) is 60.6 Å². The van der Waals surface area contributed by atoms with Gasteiger partial charge in [-0.2, -0.15) is 0 Å². The van der Waals surface area contributed by atoms with Crippen LogP contribution in [0.2, 0.25) is 0 Å². The van der Waals surface area contributed by atoms with E-state index in [0.29, 0.717) is 18.7 Å². The van der Waals surface area contributed by atoms with Crippen molar-refractivity contribution < 1.29 is 63.0 Å². The first-order valence-electron chi connectivity index (χ1n) is 33.2. The number of amides is 11. The van der Waals surface area contributed by atoms with Crippen molar-refractivity contribution in [3.63, 3.8) is 0 Å². The van der Waals surface area contributed by atoms with Gasteiger partial charge in [-0.1, -0.05) is 95.2 Å². The number of hydrogen-bond donors (Lipinski definition) is 6. The van der Waals surface area contributed by atoms with Crippen LogP contribution in [0.5, 0.6) is 0 Å². The predicted molar refractivity (Wildman–Crippen MR) is 364 cm³/mol. The molecule has 0 aromatic heterocycles. The van der Waals surface area contributed by atoms with E-state index in [4.69, 9.17) is 0 Å². The number of carbonyl (C=O) groups is 11. The van der Waals surface area contributed by atoms with Crippen LogP contribution in [0.15, 0.2) is 12.2 Å². The molecule has 13 atom stereocenters. The van der Waals surface area contributed by atoms with E-state index < -0.39 is 160 Å². The van der Waals surface area contributed by atoms with Crippen LogP contribution in [0.3, 0.4) is 0 Å². The number of nitrogens with one attached hydrogen (secondary N) is 4. The first-order chi connectivity index (χ1) is 42.8. The largest absolute Gasteiger partial charge is 0.390 e. The minimum atomic E-state index is -1.66. The summed E-state index contributed by atoms with van der Waals surface area (Å²) in [6.07, 6.45) is 2.83. The van der Waals surface area contributed by atoms with Gasteiger partial charge in [-0.25, -0.2) is 0 Å². The fourth-order valence-corrected chi connectivity index (χ4v) is 12.7. The summed E-state index contributed by atoms with van der Waals surface area (Å²) in [6.45, 7) is 29.6. The molecule has 1 fully saturated rings. The molecule has 11 amide bonds. The van der Waals surface area contributed by atoms with Gasteiger partial charge in [0, 0.05) is 68.1 Å². The lowest BCUT2D eigenvalue weighted by Crippen LogP contribution is -2.64. The zero-order valence-corrected chi connectivity index (χ0v) is 62.1. The zero-order chi connectivity index (χ0) is 72.2. The number of rotatable bonds is 20. The van der Waals surface area contributed by atoms with Gasteiger partial charge in [0.25, 0.3) is 5.91 Å². The van der Waals surface area contributed by atoms with Gasteiger partial charge in [-0.3, -0.25) is 52.7 Å². The van der Waals surface area contributed by atoms with Gasteiger partial charge in [0.15, 0.2) is 5.37 Å². The Balaban J connectivity index is 4.57. The van der Waals surface area contributed by atoms with Gasteiger partial charge in [-0.05, 0) is 123 Å². The Morgan fingerprint density at radius 3 is 1.47 bits per heavy atom. The Labute approximate surface area is 561 Å². The second kappa shape index (κ2) is 38.6. The van der Waals surface area contributed by atoms with Crippen LogP contribution in [-0.2, 0) is 52.7 Å².